The number of nitrogens with zero attached hydrogens (tertiary/aromatic N) is 3. The van der Waals surface area contributed by atoms with Gasteiger partial charge in [0.15, 0.2) is 10.8 Å². The van der Waals surface area contributed by atoms with E-state index in [1.54, 1.807) is 0 Å². The van der Waals surface area contributed by atoms with Gasteiger partial charge in [0.25, 0.3) is 11.8 Å². The SMILES string of the molecule is Nc1nc(C(=NO)C(=O)NC2C(=O)N3C(C(=O)O)=CCSC23)c(Cl)s1. The number of thioether (sulfide) groups is 1. The summed E-state index contributed by atoms with van der Waals surface area (Å²) >= 11 is 8.09. The van der Waals surface area contributed by atoms with Crippen molar-refractivity contribution in [3.8, 4) is 0 Å². The van der Waals surface area contributed by atoms with Crippen LogP contribution in [0, 0.1) is 0 Å². The van der Waals surface area contributed by atoms with Crippen LogP contribution in [0.1, 0.15) is 5.69 Å². The number of aromatic nitrogens is 1. The van der Waals surface area contributed by atoms with Crippen molar-refractivity contribution in [3.63, 3.8) is 0 Å². The number of β-lactam (4-membered cyclic amide) rings is 1. The molecule has 1 fully saturated rings. The minimum atomic E-state index is -1.22. The number of oxime groups is 1. The molecule has 10 nitrogen and oxygen atoms in total. The monoisotopic (exact) mass is 403 g/mol. The quantitative estimate of drug-likeness (QED) is 0.235. The second-order valence-electron chi connectivity index (χ2n) is 4.90. The van der Waals surface area contributed by atoms with E-state index in [2.05, 4.69) is 15.5 Å². The maximum atomic E-state index is 12.3. The topological polar surface area (TPSA) is 158 Å². The molecule has 0 saturated carbocycles. The lowest BCUT2D eigenvalue weighted by atomic mass is 10.0. The number of carbonyl (C=O) groups excluding carboxylic acids is 2. The normalized spacial score (nSPS) is 22.8. The van der Waals surface area contributed by atoms with Crippen molar-refractivity contribution in [2.45, 2.75) is 11.4 Å². The summed E-state index contributed by atoms with van der Waals surface area (Å²) in [7, 11) is 0. The Morgan fingerprint density at radius 3 is 2.80 bits per heavy atom. The summed E-state index contributed by atoms with van der Waals surface area (Å²) in [5.74, 6) is -2.27. The lowest BCUT2D eigenvalue weighted by molar-refractivity contribution is -0.150. The smallest absolute Gasteiger partial charge is 0.352 e. The van der Waals surface area contributed by atoms with E-state index in [9.17, 15) is 14.4 Å². The van der Waals surface area contributed by atoms with Gasteiger partial charge in [0, 0.05) is 5.75 Å². The molecule has 2 amide bonds. The van der Waals surface area contributed by atoms with Gasteiger partial charge in [0.05, 0.1) is 0 Å². The highest BCUT2D eigenvalue weighted by molar-refractivity contribution is 8.00. The molecule has 25 heavy (non-hydrogen) atoms. The van der Waals surface area contributed by atoms with Crippen LogP contribution >= 0.6 is 34.7 Å². The van der Waals surface area contributed by atoms with E-state index < -0.39 is 34.9 Å². The summed E-state index contributed by atoms with van der Waals surface area (Å²) in [6.45, 7) is 0. The average molecular weight is 404 g/mol. The Labute approximate surface area is 153 Å². The number of carboxylic acid groups (broad SMARTS) is 1. The molecule has 132 valence electrons. The Hall–Kier alpha value is -2.31. The van der Waals surface area contributed by atoms with Crippen molar-refractivity contribution in [2.75, 3.05) is 11.5 Å². The van der Waals surface area contributed by atoms with Crippen LogP contribution in [0.25, 0.3) is 0 Å². The van der Waals surface area contributed by atoms with E-state index in [0.717, 1.165) is 16.2 Å². The van der Waals surface area contributed by atoms with Gasteiger partial charge < -0.3 is 21.4 Å². The molecule has 2 aliphatic rings. The molecule has 3 rings (SSSR count). The molecule has 0 aliphatic carbocycles. The Morgan fingerprint density at radius 1 is 1.52 bits per heavy atom. The molecule has 0 aromatic carbocycles. The molecule has 2 aliphatic heterocycles. The van der Waals surface area contributed by atoms with Crippen LogP contribution in [0.15, 0.2) is 16.9 Å². The molecule has 3 heterocycles. The van der Waals surface area contributed by atoms with Crippen LogP contribution in [0.5, 0.6) is 0 Å². The van der Waals surface area contributed by atoms with E-state index >= 15 is 0 Å². The number of aliphatic carboxylic acids is 1. The predicted molar refractivity (Wildman–Crippen MR) is 90.6 cm³/mol. The fraction of sp³-hybridized carbons (Fsp3) is 0.250. The third kappa shape index (κ3) is 2.92. The van der Waals surface area contributed by atoms with Gasteiger partial charge in [-0.2, -0.15) is 0 Å². The Morgan fingerprint density at radius 2 is 2.24 bits per heavy atom. The number of hydrogen-bond donors (Lipinski definition) is 4. The number of nitrogens with one attached hydrogen (secondary N) is 1. The van der Waals surface area contributed by atoms with E-state index in [4.69, 9.17) is 27.6 Å². The van der Waals surface area contributed by atoms with Crippen LogP contribution in [0.3, 0.4) is 0 Å². The molecule has 2 unspecified atom stereocenters. The van der Waals surface area contributed by atoms with E-state index in [0.29, 0.717) is 5.75 Å². The molecule has 0 radical (unpaired) electrons. The number of anilines is 1. The van der Waals surface area contributed by atoms with Gasteiger partial charge in [-0.05, 0) is 6.08 Å². The van der Waals surface area contributed by atoms with Crippen LogP contribution in [-0.2, 0) is 14.4 Å². The molecule has 1 aromatic heterocycles. The summed E-state index contributed by atoms with van der Waals surface area (Å²) in [5, 5.41) is 23.0. The summed E-state index contributed by atoms with van der Waals surface area (Å²) in [6, 6.07) is -0.952. The average Bonchev–Trinajstić information content (AvgIpc) is 2.90. The number of rotatable bonds is 4. The number of hydrogen-bond acceptors (Lipinski definition) is 9. The minimum Gasteiger partial charge on any atom is -0.477 e. The van der Waals surface area contributed by atoms with Gasteiger partial charge in [-0.25, -0.2) is 9.78 Å². The standard InChI is InChI=1S/C12H10ClN5O5S2/c13-7-4(16-12(14)25-7)5(17-23)8(19)15-6-9(20)18-3(11(21)22)1-2-24-10(6)18/h1,6,10,23H,2H2,(H2,14,16)(H,15,19)(H,21,22). The fourth-order valence-corrected chi connectivity index (χ4v) is 4.53. The number of fused-ring (bicyclic) bond motifs is 1. The van der Waals surface area contributed by atoms with Gasteiger partial charge >= 0.3 is 5.97 Å². The number of carboxylic acids is 1. The number of thiazole rings is 1. The lowest BCUT2D eigenvalue weighted by Gasteiger charge is -2.48. The van der Waals surface area contributed by atoms with Crippen molar-refractivity contribution in [3.05, 3.63) is 21.8 Å². The van der Waals surface area contributed by atoms with Gasteiger partial charge in [-0.15, -0.1) is 11.8 Å². The molecular formula is C12H10ClN5O5S2. The summed E-state index contributed by atoms with van der Waals surface area (Å²) in [4.78, 5) is 40.6. The first kappa shape index (κ1) is 17.5. The molecule has 0 bridgehead atoms. The number of halogens is 1. The predicted octanol–water partition coefficient (Wildman–Crippen LogP) is -0.0746. The summed E-state index contributed by atoms with van der Waals surface area (Å²) in [5.41, 5.74) is 4.78. The second kappa shape index (κ2) is 6.54. The molecule has 0 spiro atoms. The number of amides is 2. The van der Waals surface area contributed by atoms with E-state index in [1.165, 1.54) is 17.8 Å². The van der Waals surface area contributed by atoms with Crippen LogP contribution < -0.4 is 11.1 Å². The maximum absolute atomic E-state index is 12.3. The Balaban J connectivity index is 1.76. The van der Waals surface area contributed by atoms with Gasteiger partial charge in [0.1, 0.15) is 27.1 Å². The van der Waals surface area contributed by atoms with Gasteiger partial charge in [0.2, 0.25) is 0 Å². The third-order valence-electron chi connectivity index (χ3n) is 3.49. The maximum Gasteiger partial charge on any atom is 0.352 e. The van der Waals surface area contributed by atoms with E-state index in [-0.39, 0.29) is 20.9 Å². The van der Waals surface area contributed by atoms with Crippen molar-refractivity contribution in [1.29, 1.82) is 0 Å². The highest BCUT2D eigenvalue weighted by atomic mass is 35.5. The highest BCUT2D eigenvalue weighted by Gasteiger charge is 2.53. The van der Waals surface area contributed by atoms with Crippen molar-refractivity contribution in [1.82, 2.24) is 15.2 Å². The summed E-state index contributed by atoms with van der Waals surface area (Å²) in [6.07, 6.45) is 1.43. The summed E-state index contributed by atoms with van der Waals surface area (Å²) < 4.78 is 0.0603. The van der Waals surface area contributed by atoms with Crippen LogP contribution in [-0.4, -0.2) is 60.9 Å². The third-order valence-corrected chi connectivity index (χ3v) is 5.76. The largest absolute Gasteiger partial charge is 0.477 e. The molecule has 1 saturated heterocycles. The second-order valence-corrected chi connectivity index (χ2v) is 7.68. The fourth-order valence-electron chi connectivity index (χ4n) is 2.41. The first-order valence-electron chi connectivity index (χ1n) is 6.68. The molecule has 13 heteroatoms. The first-order chi connectivity index (χ1) is 11.8. The van der Waals surface area contributed by atoms with E-state index in [1.807, 2.05) is 0 Å². The molecular weight excluding hydrogens is 394 g/mol. The zero-order valence-corrected chi connectivity index (χ0v) is 14.6. The zero-order valence-electron chi connectivity index (χ0n) is 12.2. The molecule has 5 N–H and O–H groups in total. The van der Waals surface area contributed by atoms with Crippen molar-refractivity contribution < 1.29 is 24.7 Å². The van der Waals surface area contributed by atoms with Gasteiger partial charge in [-0.1, -0.05) is 28.1 Å². The minimum absolute atomic E-state index is 0.0603. The number of nitrogen functional groups attached to an aromatic ring is 1. The number of carbonyl (C=O) groups is 3. The highest BCUT2D eigenvalue weighted by Crippen LogP contribution is 2.37. The van der Waals surface area contributed by atoms with Crippen molar-refractivity contribution in [2.24, 2.45) is 5.16 Å². The van der Waals surface area contributed by atoms with Crippen molar-refractivity contribution >= 4 is 63.3 Å². The number of nitrogens with two attached hydrogens (primary N) is 1. The Bertz CT molecular complexity index is 838. The molecule has 2 atom stereocenters. The zero-order chi connectivity index (χ0) is 18.3. The van der Waals surface area contributed by atoms with Crippen LogP contribution in [0.4, 0.5) is 5.13 Å². The lowest BCUT2D eigenvalue weighted by Crippen LogP contribution is -2.70. The van der Waals surface area contributed by atoms with Gasteiger partial charge in [-0.3, -0.25) is 14.5 Å². The molecule has 1 aromatic rings. The Kier molecular flexibility index (Phi) is 4.58. The first-order valence-corrected chi connectivity index (χ1v) is 8.92. The van der Waals surface area contributed by atoms with Crippen LogP contribution in [0.2, 0.25) is 4.34 Å².